The van der Waals surface area contributed by atoms with Crippen molar-refractivity contribution in [1.82, 2.24) is 9.55 Å². The molecule has 0 saturated carbocycles. The van der Waals surface area contributed by atoms with Gasteiger partial charge < -0.3 is 9.88 Å². The van der Waals surface area contributed by atoms with Gasteiger partial charge in [0, 0.05) is 24.6 Å². The molecule has 0 radical (unpaired) electrons. The van der Waals surface area contributed by atoms with Crippen molar-refractivity contribution in [2.75, 3.05) is 5.32 Å². The highest BCUT2D eigenvalue weighted by molar-refractivity contribution is 6.35. The molecule has 0 aliphatic heterocycles. The van der Waals surface area contributed by atoms with Gasteiger partial charge in [0.25, 0.3) is 0 Å². The van der Waals surface area contributed by atoms with Crippen molar-refractivity contribution in [3.63, 3.8) is 0 Å². The maximum atomic E-state index is 13.2. The van der Waals surface area contributed by atoms with Crippen LogP contribution in [0.1, 0.15) is 6.92 Å². The predicted octanol–water partition coefficient (Wildman–Crippen LogP) is 4.09. The molecule has 3 nitrogen and oxygen atoms in total. The third-order valence-corrected chi connectivity index (χ3v) is 2.85. The molecule has 0 atom stereocenters. The third-order valence-electron chi connectivity index (χ3n) is 2.30. The molecule has 6 heteroatoms. The number of hydrogen-bond acceptors (Lipinski definition) is 2. The maximum Gasteiger partial charge on any atom is 0.207 e. The molecule has 2 rings (SSSR count). The smallest absolute Gasteiger partial charge is 0.207 e. The fourth-order valence-electron chi connectivity index (χ4n) is 1.45. The van der Waals surface area contributed by atoms with Crippen LogP contribution in [0, 0.1) is 5.82 Å². The van der Waals surface area contributed by atoms with Gasteiger partial charge in [0.05, 0.1) is 10.0 Å². The van der Waals surface area contributed by atoms with E-state index in [0.29, 0.717) is 11.6 Å². The van der Waals surface area contributed by atoms with Crippen LogP contribution < -0.4 is 5.32 Å². The molecule has 0 unspecified atom stereocenters. The van der Waals surface area contributed by atoms with Crippen LogP contribution in [0.25, 0.3) is 0 Å². The Morgan fingerprint density at radius 3 is 2.59 bits per heavy atom. The minimum atomic E-state index is -0.613. The SMILES string of the molecule is CCn1ccnc1Nc1cc(Cl)c(F)c(Cl)c1. The van der Waals surface area contributed by atoms with Gasteiger partial charge in [-0.3, -0.25) is 0 Å². The Morgan fingerprint density at radius 1 is 1.35 bits per heavy atom. The number of hydrogen-bond donors (Lipinski definition) is 1. The van der Waals surface area contributed by atoms with Gasteiger partial charge in [-0.25, -0.2) is 9.37 Å². The summed E-state index contributed by atoms with van der Waals surface area (Å²) in [4.78, 5) is 4.14. The van der Waals surface area contributed by atoms with Gasteiger partial charge in [-0.2, -0.15) is 0 Å². The van der Waals surface area contributed by atoms with Crippen LogP contribution in [0.15, 0.2) is 24.5 Å². The Morgan fingerprint density at radius 2 is 2.00 bits per heavy atom. The summed E-state index contributed by atoms with van der Waals surface area (Å²) in [7, 11) is 0. The molecule has 1 aromatic carbocycles. The lowest BCUT2D eigenvalue weighted by atomic mass is 10.3. The molecule has 0 aliphatic carbocycles. The lowest BCUT2D eigenvalue weighted by molar-refractivity contribution is 0.629. The van der Waals surface area contributed by atoms with Gasteiger partial charge in [0.2, 0.25) is 5.95 Å². The van der Waals surface area contributed by atoms with Crippen molar-refractivity contribution < 1.29 is 4.39 Å². The molecule has 17 heavy (non-hydrogen) atoms. The van der Waals surface area contributed by atoms with Crippen LogP contribution in [0.5, 0.6) is 0 Å². The molecule has 0 saturated heterocycles. The number of anilines is 2. The summed E-state index contributed by atoms with van der Waals surface area (Å²) >= 11 is 11.4. The minimum Gasteiger partial charge on any atom is -0.326 e. The molecule has 0 fully saturated rings. The van der Waals surface area contributed by atoms with E-state index in [4.69, 9.17) is 23.2 Å². The average Bonchev–Trinajstić information content (AvgIpc) is 2.73. The number of benzene rings is 1. The average molecular weight is 274 g/mol. The van der Waals surface area contributed by atoms with Gasteiger partial charge in [-0.15, -0.1) is 0 Å². The van der Waals surface area contributed by atoms with Crippen LogP contribution in [0.3, 0.4) is 0 Å². The summed E-state index contributed by atoms with van der Waals surface area (Å²) in [5.74, 6) is 0.0453. The summed E-state index contributed by atoms with van der Waals surface area (Å²) in [6.07, 6.45) is 3.52. The Hall–Kier alpha value is -1.26. The molecule has 1 aromatic heterocycles. The van der Waals surface area contributed by atoms with Gasteiger partial charge in [-0.1, -0.05) is 23.2 Å². The van der Waals surface area contributed by atoms with Crippen molar-refractivity contribution in [3.05, 3.63) is 40.4 Å². The number of rotatable bonds is 3. The second-order valence-corrected chi connectivity index (χ2v) is 4.23. The fraction of sp³-hybridized carbons (Fsp3) is 0.182. The Bertz CT molecular complexity index is 516. The van der Waals surface area contributed by atoms with E-state index in [1.54, 1.807) is 6.20 Å². The summed E-state index contributed by atoms with van der Waals surface area (Å²) in [5.41, 5.74) is 0.599. The number of nitrogens with zero attached hydrogens (tertiary/aromatic N) is 2. The van der Waals surface area contributed by atoms with Crippen LogP contribution in [-0.2, 0) is 6.54 Å². The molecule has 2 aromatic rings. The molecule has 0 bridgehead atoms. The Labute approximate surface area is 108 Å². The number of aryl methyl sites for hydroxylation is 1. The zero-order valence-electron chi connectivity index (χ0n) is 9.04. The highest BCUT2D eigenvalue weighted by Gasteiger charge is 2.09. The number of imidazole rings is 1. The molecule has 1 heterocycles. The topological polar surface area (TPSA) is 29.9 Å². The van der Waals surface area contributed by atoms with E-state index >= 15 is 0 Å². The zero-order chi connectivity index (χ0) is 12.4. The first-order valence-corrected chi connectivity index (χ1v) is 5.80. The monoisotopic (exact) mass is 273 g/mol. The van der Waals surface area contributed by atoms with E-state index in [-0.39, 0.29) is 10.0 Å². The van der Waals surface area contributed by atoms with Crippen LogP contribution in [0.4, 0.5) is 16.0 Å². The van der Waals surface area contributed by atoms with Crippen molar-refractivity contribution in [3.8, 4) is 0 Å². The third kappa shape index (κ3) is 2.53. The van der Waals surface area contributed by atoms with E-state index in [1.165, 1.54) is 12.1 Å². The van der Waals surface area contributed by atoms with Crippen molar-refractivity contribution >= 4 is 34.8 Å². The molecular weight excluding hydrogens is 264 g/mol. The summed E-state index contributed by atoms with van der Waals surface area (Å²) in [6, 6.07) is 2.94. The second kappa shape index (κ2) is 4.94. The van der Waals surface area contributed by atoms with Gasteiger partial charge in [-0.05, 0) is 19.1 Å². The molecule has 1 N–H and O–H groups in total. The molecule has 0 aliphatic rings. The molecule has 0 spiro atoms. The van der Waals surface area contributed by atoms with Crippen LogP contribution >= 0.6 is 23.2 Å². The lowest BCUT2D eigenvalue weighted by Gasteiger charge is -2.09. The summed E-state index contributed by atoms with van der Waals surface area (Å²) < 4.78 is 15.1. The summed E-state index contributed by atoms with van der Waals surface area (Å²) in [6.45, 7) is 2.78. The normalized spacial score (nSPS) is 10.6. The van der Waals surface area contributed by atoms with Crippen LogP contribution in [0.2, 0.25) is 10.0 Å². The van der Waals surface area contributed by atoms with Crippen LogP contribution in [-0.4, -0.2) is 9.55 Å². The molecule has 90 valence electrons. The van der Waals surface area contributed by atoms with E-state index < -0.39 is 5.82 Å². The first kappa shape index (κ1) is 12.2. The standard InChI is InChI=1S/C11H10Cl2FN3/c1-2-17-4-3-15-11(17)16-7-5-8(12)10(14)9(13)6-7/h3-6H,2H2,1H3,(H,15,16). The second-order valence-electron chi connectivity index (χ2n) is 3.42. The van der Waals surface area contributed by atoms with Crippen molar-refractivity contribution in [1.29, 1.82) is 0 Å². The van der Waals surface area contributed by atoms with Gasteiger partial charge in [0.1, 0.15) is 0 Å². The first-order valence-electron chi connectivity index (χ1n) is 5.04. The number of halogens is 3. The fourth-order valence-corrected chi connectivity index (χ4v) is 1.93. The van der Waals surface area contributed by atoms with E-state index in [9.17, 15) is 4.39 Å². The largest absolute Gasteiger partial charge is 0.326 e. The summed E-state index contributed by atoms with van der Waals surface area (Å²) in [5, 5.41) is 2.99. The first-order chi connectivity index (χ1) is 8.11. The quantitative estimate of drug-likeness (QED) is 0.854. The number of aromatic nitrogens is 2. The van der Waals surface area contributed by atoms with Gasteiger partial charge in [0.15, 0.2) is 5.82 Å². The van der Waals surface area contributed by atoms with Crippen molar-refractivity contribution in [2.24, 2.45) is 0 Å². The lowest BCUT2D eigenvalue weighted by Crippen LogP contribution is -2.01. The zero-order valence-corrected chi connectivity index (χ0v) is 10.6. The highest BCUT2D eigenvalue weighted by Crippen LogP contribution is 2.28. The van der Waals surface area contributed by atoms with Crippen molar-refractivity contribution in [2.45, 2.75) is 13.5 Å². The van der Waals surface area contributed by atoms with E-state index in [2.05, 4.69) is 10.3 Å². The Kier molecular flexibility index (Phi) is 3.54. The maximum absolute atomic E-state index is 13.2. The minimum absolute atomic E-state index is 0.0189. The molecular formula is C11H10Cl2FN3. The van der Waals surface area contributed by atoms with Gasteiger partial charge >= 0.3 is 0 Å². The molecule has 0 amide bonds. The van der Waals surface area contributed by atoms with E-state index in [0.717, 1.165) is 6.54 Å². The Balaban J connectivity index is 2.31. The predicted molar refractivity (Wildman–Crippen MR) is 67.6 cm³/mol. The van der Waals surface area contributed by atoms with E-state index in [1.807, 2.05) is 17.7 Å². The highest BCUT2D eigenvalue weighted by atomic mass is 35.5. The number of nitrogens with one attached hydrogen (secondary N) is 1.